The molecule has 0 atom stereocenters. The fourth-order valence-electron chi connectivity index (χ4n) is 3.27. The molecule has 1 aromatic carbocycles. The van der Waals surface area contributed by atoms with Crippen LogP contribution in [0, 0.1) is 5.92 Å². The molecule has 0 bridgehead atoms. The first-order valence-electron chi connectivity index (χ1n) is 10.0. The molecule has 1 fully saturated rings. The third-order valence-corrected chi connectivity index (χ3v) is 5.05. The molecule has 2 rings (SSSR count). The summed E-state index contributed by atoms with van der Waals surface area (Å²) in [5.74, 6) is 1.02. The maximum absolute atomic E-state index is 12.2. The highest BCUT2D eigenvalue weighted by molar-refractivity contribution is 7.80. The van der Waals surface area contributed by atoms with Gasteiger partial charge in [0.15, 0.2) is 5.11 Å². The van der Waals surface area contributed by atoms with Gasteiger partial charge in [-0.25, -0.2) is 0 Å². The minimum Gasteiger partial charge on any atom is -0.494 e. The van der Waals surface area contributed by atoms with Gasteiger partial charge in [-0.05, 0) is 55.7 Å². The summed E-state index contributed by atoms with van der Waals surface area (Å²) in [6.45, 7) is 2.98. The molecule has 0 unspecified atom stereocenters. The molecule has 2 N–H and O–H groups in total. The van der Waals surface area contributed by atoms with Crippen molar-refractivity contribution in [3.63, 3.8) is 0 Å². The zero-order valence-corrected chi connectivity index (χ0v) is 16.7. The maximum Gasteiger partial charge on any atom is 0.229 e. The van der Waals surface area contributed by atoms with Crippen LogP contribution in [0.15, 0.2) is 24.3 Å². The first kappa shape index (κ1) is 20.7. The van der Waals surface area contributed by atoms with Gasteiger partial charge in [-0.15, -0.1) is 0 Å². The number of anilines is 1. The Morgan fingerprint density at radius 1 is 1.08 bits per heavy atom. The number of amides is 1. The molecule has 0 aromatic heterocycles. The van der Waals surface area contributed by atoms with Crippen LogP contribution in [-0.2, 0) is 4.79 Å². The van der Waals surface area contributed by atoms with Crippen LogP contribution >= 0.6 is 12.2 Å². The smallest absolute Gasteiger partial charge is 0.229 e. The van der Waals surface area contributed by atoms with Crippen molar-refractivity contribution in [3.05, 3.63) is 24.3 Å². The van der Waals surface area contributed by atoms with Crippen molar-refractivity contribution < 1.29 is 9.53 Å². The predicted octanol–water partition coefficient (Wildman–Crippen LogP) is 5.43. The van der Waals surface area contributed by atoms with Gasteiger partial charge in [0.05, 0.1) is 6.61 Å². The van der Waals surface area contributed by atoms with E-state index in [2.05, 4.69) is 17.6 Å². The van der Waals surface area contributed by atoms with Gasteiger partial charge in [0.1, 0.15) is 5.75 Å². The first-order chi connectivity index (χ1) is 12.7. The number of carbonyl (C=O) groups is 1. The van der Waals surface area contributed by atoms with Crippen molar-refractivity contribution in [2.24, 2.45) is 5.92 Å². The van der Waals surface area contributed by atoms with Gasteiger partial charge in [0.25, 0.3) is 0 Å². The van der Waals surface area contributed by atoms with Gasteiger partial charge in [-0.1, -0.05) is 51.9 Å². The van der Waals surface area contributed by atoms with E-state index in [9.17, 15) is 4.79 Å². The summed E-state index contributed by atoms with van der Waals surface area (Å²) in [5.41, 5.74) is 0.856. The lowest BCUT2D eigenvalue weighted by molar-refractivity contribution is -0.124. The van der Waals surface area contributed by atoms with Gasteiger partial charge in [-0.2, -0.15) is 0 Å². The molecule has 1 amide bonds. The van der Waals surface area contributed by atoms with Gasteiger partial charge < -0.3 is 15.4 Å². The average molecular weight is 377 g/mol. The van der Waals surface area contributed by atoms with Crippen molar-refractivity contribution in [1.29, 1.82) is 0 Å². The lowest BCUT2D eigenvalue weighted by Gasteiger charge is -2.21. The standard InChI is InChI=1S/C21H32N2O2S/c1-2-3-4-5-9-16-25-19-14-12-18(13-15-19)22-21(26)23-20(24)17-10-7-6-8-11-17/h12-15,17H,2-11,16H2,1H3,(H2,22,23,24,26). The van der Waals surface area contributed by atoms with Crippen LogP contribution in [0.25, 0.3) is 0 Å². The van der Waals surface area contributed by atoms with Crippen molar-refractivity contribution >= 4 is 28.9 Å². The molecule has 0 aliphatic heterocycles. The summed E-state index contributed by atoms with van der Waals surface area (Å²) < 4.78 is 5.76. The Kier molecular flexibility index (Phi) is 9.46. The number of ether oxygens (including phenoxy) is 1. The number of unbranched alkanes of at least 4 members (excludes halogenated alkanes) is 4. The summed E-state index contributed by atoms with van der Waals surface area (Å²) in [5, 5.41) is 6.26. The van der Waals surface area contributed by atoms with Crippen LogP contribution in [0.2, 0.25) is 0 Å². The second-order valence-corrected chi connectivity index (χ2v) is 7.47. The molecule has 1 saturated carbocycles. The fraction of sp³-hybridized carbons (Fsp3) is 0.619. The summed E-state index contributed by atoms with van der Waals surface area (Å²) in [7, 11) is 0. The molecule has 1 aliphatic rings. The normalized spacial score (nSPS) is 14.7. The highest BCUT2D eigenvalue weighted by atomic mass is 32.1. The zero-order valence-electron chi connectivity index (χ0n) is 15.9. The molecule has 4 nitrogen and oxygen atoms in total. The van der Waals surface area contributed by atoms with Crippen LogP contribution < -0.4 is 15.4 Å². The number of nitrogens with one attached hydrogen (secondary N) is 2. The van der Waals surface area contributed by atoms with E-state index >= 15 is 0 Å². The van der Waals surface area contributed by atoms with Crippen LogP contribution in [0.1, 0.15) is 71.1 Å². The van der Waals surface area contributed by atoms with Crippen LogP contribution in [0.3, 0.4) is 0 Å². The minimum absolute atomic E-state index is 0.0465. The zero-order chi connectivity index (χ0) is 18.6. The van der Waals surface area contributed by atoms with E-state index in [1.807, 2.05) is 24.3 Å². The van der Waals surface area contributed by atoms with Crippen molar-refractivity contribution in [2.45, 2.75) is 71.1 Å². The Balaban J connectivity index is 1.67. The number of hydrogen-bond donors (Lipinski definition) is 2. The predicted molar refractivity (Wildman–Crippen MR) is 112 cm³/mol. The summed E-state index contributed by atoms with van der Waals surface area (Å²) in [6, 6.07) is 7.71. The number of benzene rings is 1. The Hall–Kier alpha value is -1.62. The number of rotatable bonds is 9. The van der Waals surface area contributed by atoms with Crippen molar-refractivity contribution in [1.82, 2.24) is 5.32 Å². The third-order valence-electron chi connectivity index (χ3n) is 4.84. The number of hydrogen-bond acceptors (Lipinski definition) is 3. The van der Waals surface area contributed by atoms with Crippen molar-refractivity contribution in [2.75, 3.05) is 11.9 Å². The molecule has 0 heterocycles. The molecule has 0 saturated heterocycles. The van der Waals surface area contributed by atoms with E-state index in [0.29, 0.717) is 5.11 Å². The van der Waals surface area contributed by atoms with E-state index in [-0.39, 0.29) is 11.8 Å². The largest absolute Gasteiger partial charge is 0.494 e. The quantitative estimate of drug-likeness (QED) is 0.446. The molecular formula is C21H32N2O2S. The van der Waals surface area contributed by atoms with Gasteiger partial charge >= 0.3 is 0 Å². The molecule has 1 aliphatic carbocycles. The summed E-state index contributed by atoms with van der Waals surface area (Å²) in [6.07, 6.45) is 11.6. The van der Waals surface area contributed by atoms with E-state index in [4.69, 9.17) is 17.0 Å². The molecule has 5 heteroatoms. The van der Waals surface area contributed by atoms with E-state index < -0.39 is 0 Å². The molecule has 1 aromatic rings. The SMILES string of the molecule is CCCCCCCOc1ccc(NC(=S)NC(=O)C2CCCCC2)cc1. The van der Waals surface area contributed by atoms with Gasteiger partial charge in [-0.3, -0.25) is 4.79 Å². The average Bonchev–Trinajstić information content (AvgIpc) is 2.66. The van der Waals surface area contributed by atoms with Crippen LogP contribution in [0.5, 0.6) is 5.75 Å². The highest BCUT2D eigenvalue weighted by Crippen LogP contribution is 2.23. The van der Waals surface area contributed by atoms with E-state index in [1.165, 1.54) is 32.1 Å². The third kappa shape index (κ3) is 7.73. The van der Waals surface area contributed by atoms with E-state index in [1.54, 1.807) is 0 Å². The second-order valence-electron chi connectivity index (χ2n) is 7.07. The summed E-state index contributed by atoms with van der Waals surface area (Å²) in [4.78, 5) is 12.2. The topological polar surface area (TPSA) is 50.4 Å². The second kappa shape index (κ2) is 11.9. The fourth-order valence-corrected chi connectivity index (χ4v) is 3.49. The molecule has 0 spiro atoms. The molecule has 0 radical (unpaired) electrons. The maximum atomic E-state index is 12.2. The Labute approximate surface area is 163 Å². The summed E-state index contributed by atoms with van der Waals surface area (Å²) >= 11 is 5.26. The van der Waals surface area contributed by atoms with Crippen molar-refractivity contribution in [3.8, 4) is 5.75 Å². The Morgan fingerprint density at radius 3 is 2.46 bits per heavy atom. The molecular weight excluding hydrogens is 344 g/mol. The monoisotopic (exact) mass is 376 g/mol. The lowest BCUT2D eigenvalue weighted by atomic mass is 9.89. The van der Waals surface area contributed by atoms with Gasteiger partial charge in [0.2, 0.25) is 5.91 Å². The van der Waals surface area contributed by atoms with E-state index in [0.717, 1.165) is 50.1 Å². The minimum atomic E-state index is 0.0465. The molecule has 144 valence electrons. The number of carbonyl (C=O) groups excluding carboxylic acids is 1. The lowest BCUT2D eigenvalue weighted by Crippen LogP contribution is -2.38. The molecule has 26 heavy (non-hydrogen) atoms. The highest BCUT2D eigenvalue weighted by Gasteiger charge is 2.21. The Bertz CT molecular complexity index is 554. The van der Waals surface area contributed by atoms with Crippen LogP contribution in [0.4, 0.5) is 5.69 Å². The Morgan fingerprint density at radius 2 is 1.77 bits per heavy atom. The van der Waals surface area contributed by atoms with Crippen LogP contribution in [-0.4, -0.2) is 17.6 Å². The van der Waals surface area contributed by atoms with Gasteiger partial charge in [0, 0.05) is 11.6 Å². The number of thiocarbonyl (C=S) groups is 1. The first-order valence-corrected chi connectivity index (χ1v) is 10.4.